The van der Waals surface area contributed by atoms with E-state index < -0.39 is 0 Å². The molecule has 4 rings (SSSR count). The lowest BCUT2D eigenvalue weighted by Crippen LogP contribution is -2.36. The predicted octanol–water partition coefficient (Wildman–Crippen LogP) is 2.69. The molecule has 140 valence electrons. The Balaban J connectivity index is 1.61. The van der Waals surface area contributed by atoms with Crippen LogP contribution in [0.2, 0.25) is 0 Å². The summed E-state index contributed by atoms with van der Waals surface area (Å²) in [5.41, 5.74) is 5.27. The van der Waals surface area contributed by atoms with Crippen molar-refractivity contribution in [3.05, 3.63) is 52.0 Å². The van der Waals surface area contributed by atoms with Crippen molar-refractivity contribution in [1.29, 1.82) is 0 Å². The second-order valence-corrected chi connectivity index (χ2v) is 6.88. The van der Waals surface area contributed by atoms with Crippen LogP contribution in [-0.2, 0) is 28.9 Å². The average molecular weight is 367 g/mol. The molecule has 1 aliphatic rings. The molecule has 1 N–H and O–H groups in total. The van der Waals surface area contributed by atoms with Crippen molar-refractivity contribution in [3.8, 4) is 0 Å². The van der Waals surface area contributed by atoms with Gasteiger partial charge in [-0.05, 0) is 32.0 Å². The van der Waals surface area contributed by atoms with Crippen LogP contribution in [-0.4, -0.2) is 40.6 Å². The number of hydrogen-bond acceptors (Lipinski definition) is 5. The van der Waals surface area contributed by atoms with E-state index in [2.05, 4.69) is 10.1 Å². The average Bonchev–Trinajstić information content (AvgIpc) is 3.20. The zero-order valence-electron chi connectivity index (χ0n) is 15.6. The van der Waals surface area contributed by atoms with Gasteiger partial charge in [-0.25, -0.2) is 4.79 Å². The number of aromatic nitrogens is 2. The van der Waals surface area contributed by atoms with Gasteiger partial charge in [-0.3, -0.25) is 4.79 Å². The highest BCUT2D eigenvalue weighted by molar-refractivity contribution is 5.96. The van der Waals surface area contributed by atoms with Crippen LogP contribution in [0.4, 0.5) is 0 Å². The molecule has 0 bridgehead atoms. The Morgan fingerprint density at radius 1 is 1.33 bits per heavy atom. The molecule has 3 heterocycles. The van der Waals surface area contributed by atoms with Crippen molar-refractivity contribution in [2.75, 3.05) is 13.7 Å². The third kappa shape index (κ3) is 2.99. The van der Waals surface area contributed by atoms with Crippen LogP contribution in [0.5, 0.6) is 0 Å². The number of rotatable bonds is 3. The van der Waals surface area contributed by atoms with Crippen LogP contribution in [0.15, 0.2) is 22.7 Å². The summed E-state index contributed by atoms with van der Waals surface area (Å²) in [7, 11) is 1.37. The summed E-state index contributed by atoms with van der Waals surface area (Å²) in [6.07, 6.45) is 1.04. The van der Waals surface area contributed by atoms with Crippen molar-refractivity contribution in [3.63, 3.8) is 0 Å². The van der Waals surface area contributed by atoms with E-state index in [4.69, 9.17) is 9.26 Å². The monoisotopic (exact) mass is 367 g/mol. The number of ether oxygens (including phenoxy) is 1. The normalized spacial score (nSPS) is 13.7. The van der Waals surface area contributed by atoms with Gasteiger partial charge >= 0.3 is 5.97 Å². The number of aryl methyl sites for hydroxylation is 2. The number of H-pyrrole nitrogens is 1. The highest BCUT2D eigenvalue weighted by Gasteiger charge is 2.26. The number of esters is 1. The molecule has 0 fully saturated rings. The maximum Gasteiger partial charge on any atom is 0.337 e. The maximum absolute atomic E-state index is 12.8. The first kappa shape index (κ1) is 17.3. The lowest BCUT2D eigenvalue weighted by molar-refractivity contribution is -0.131. The van der Waals surface area contributed by atoms with Crippen molar-refractivity contribution in [2.45, 2.75) is 33.2 Å². The van der Waals surface area contributed by atoms with Gasteiger partial charge in [0, 0.05) is 47.2 Å². The van der Waals surface area contributed by atoms with E-state index in [1.54, 1.807) is 6.07 Å². The van der Waals surface area contributed by atoms with E-state index in [1.807, 2.05) is 30.9 Å². The minimum atomic E-state index is -0.367. The second-order valence-electron chi connectivity index (χ2n) is 6.88. The van der Waals surface area contributed by atoms with Gasteiger partial charge in [-0.2, -0.15) is 0 Å². The van der Waals surface area contributed by atoms with Crippen LogP contribution in [0.25, 0.3) is 10.9 Å². The number of carbonyl (C=O) groups excluding carboxylic acids is 2. The van der Waals surface area contributed by atoms with Crippen LogP contribution in [0.1, 0.15) is 38.6 Å². The Hall–Kier alpha value is -3.09. The highest BCUT2D eigenvalue weighted by Crippen LogP contribution is 2.29. The quantitative estimate of drug-likeness (QED) is 0.719. The molecule has 1 aromatic carbocycles. The number of benzene rings is 1. The minimum Gasteiger partial charge on any atom is -0.465 e. The van der Waals surface area contributed by atoms with Gasteiger partial charge in [0.05, 0.1) is 24.8 Å². The molecule has 0 spiro atoms. The first-order valence-corrected chi connectivity index (χ1v) is 8.89. The number of hydrogen-bond donors (Lipinski definition) is 1. The topological polar surface area (TPSA) is 88.4 Å². The molecule has 1 amide bonds. The molecular formula is C20H21N3O4. The molecule has 0 saturated carbocycles. The molecule has 2 aromatic heterocycles. The van der Waals surface area contributed by atoms with Gasteiger partial charge in [0.2, 0.25) is 5.91 Å². The number of carbonyl (C=O) groups is 2. The Morgan fingerprint density at radius 3 is 2.85 bits per heavy atom. The van der Waals surface area contributed by atoms with E-state index in [9.17, 15) is 9.59 Å². The number of nitrogens with zero attached hydrogens (tertiary/aromatic N) is 2. The molecule has 3 aromatic rings. The summed E-state index contributed by atoms with van der Waals surface area (Å²) < 4.78 is 9.98. The standard InChI is InChI=1S/C20H21N3O4/c1-11-14(12(2)27-22-11)9-19(24)23-7-6-18-16(10-23)15-8-13(20(25)26-3)4-5-17(15)21-18/h4-5,8,21H,6-7,9-10H2,1-3H3. The Morgan fingerprint density at radius 2 is 2.15 bits per heavy atom. The van der Waals surface area contributed by atoms with Gasteiger partial charge in [-0.1, -0.05) is 5.16 Å². The number of methoxy groups -OCH3 is 1. The summed E-state index contributed by atoms with van der Waals surface area (Å²) >= 11 is 0. The van der Waals surface area contributed by atoms with Crippen LogP contribution >= 0.6 is 0 Å². The number of fused-ring (bicyclic) bond motifs is 3. The molecule has 7 heteroatoms. The second kappa shape index (κ2) is 6.57. The molecule has 27 heavy (non-hydrogen) atoms. The summed E-state index contributed by atoms with van der Waals surface area (Å²) in [6.45, 7) is 4.85. The fourth-order valence-electron chi connectivity index (χ4n) is 3.69. The third-order valence-electron chi connectivity index (χ3n) is 5.26. The summed E-state index contributed by atoms with van der Waals surface area (Å²) in [6, 6.07) is 5.46. The fraction of sp³-hybridized carbons (Fsp3) is 0.350. The van der Waals surface area contributed by atoms with Crippen molar-refractivity contribution in [1.82, 2.24) is 15.0 Å². The van der Waals surface area contributed by atoms with Gasteiger partial charge in [0.1, 0.15) is 5.76 Å². The van der Waals surface area contributed by atoms with E-state index >= 15 is 0 Å². The number of aromatic amines is 1. The molecule has 0 saturated heterocycles. The Kier molecular flexibility index (Phi) is 4.22. The first-order chi connectivity index (χ1) is 13.0. The van der Waals surface area contributed by atoms with Crippen LogP contribution in [0.3, 0.4) is 0 Å². The molecule has 0 radical (unpaired) electrons. The molecule has 0 unspecified atom stereocenters. The zero-order valence-corrected chi connectivity index (χ0v) is 15.6. The summed E-state index contributed by atoms with van der Waals surface area (Å²) in [5.74, 6) is 0.371. The predicted molar refractivity (Wildman–Crippen MR) is 98.4 cm³/mol. The van der Waals surface area contributed by atoms with Crippen molar-refractivity contribution in [2.24, 2.45) is 0 Å². The lowest BCUT2D eigenvalue weighted by Gasteiger charge is -2.27. The Bertz CT molecular complexity index is 1030. The van der Waals surface area contributed by atoms with Crippen LogP contribution in [0, 0.1) is 13.8 Å². The van der Waals surface area contributed by atoms with E-state index in [-0.39, 0.29) is 18.3 Å². The zero-order chi connectivity index (χ0) is 19.1. The SMILES string of the molecule is COC(=O)c1ccc2[nH]c3c(c2c1)CN(C(=O)Cc1c(C)noc1C)CC3. The number of amides is 1. The molecule has 0 atom stereocenters. The Labute approximate surface area is 156 Å². The van der Waals surface area contributed by atoms with Gasteiger partial charge in [-0.15, -0.1) is 0 Å². The van der Waals surface area contributed by atoms with Crippen molar-refractivity contribution < 1.29 is 18.8 Å². The van der Waals surface area contributed by atoms with Crippen LogP contribution < -0.4 is 0 Å². The van der Waals surface area contributed by atoms with Gasteiger partial charge in [0.15, 0.2) is 0 Å². The molecule has 7 nitrogen and oxygen atoms in total. The summed E-state index contributed by atoms with van der Waals surface area (Å²) in [5, 5.41) is 4.88. The third-order valence-corrected chi connectivity index (χ3v) is 5.26. The van der Waals surface area contributed by atoms with Crippen molar-refractivity contribution >= 4 is 22.8 Å². The summed E-state index contributed by atoms with van der Waals surface area (Å²) in [4.78, 5) is 29.9. The van der Waals surface area contributed by atoms with Gasteiger partial charge < -0.3 is 19.1 Å². The van der Waals surface area contributed by atoms with E-state index in [1.165, 1.54) is 7.11 Å². The van der Waals surface area contributed by atoms with Gasteiger partial charge in [0.25, 0.3) is 0 Å². The molecule has 1 aliphatic heterocycles. The lowest BCUT2D eigenvalue weighted by atomic mass is 10.0. The van der Waals surface area contributed by atoms with E-state index in [0.717, 1.165) is 39.8 Å². The fourth-order valence-corrected chi connectivity index (χ4v) is 3.69. The number of nitrogens with one attached hydrogen (secondary N) is 1. The molecular weight excluding hydrogens is 346 g/mol. The van der Waals surface area contributed by atoms with E-state index in [0.29, 0.717) is 24.4 Å². The first-order valence-electron chi connectivity index (χ1n) is 8.89. The smallest absolute Gasteiger partial charge is 0.337 e. The largest absolute Gasteiger partial charge is 0.465 e. The molecule has 0 aliphatic carbocycles. The highest BCUT2D eigenvalue weighted by atomic mass is 16.5. The minimum absolute atomic E-state index is 0.0496. The maximum atomic E-state index is 12.8.